The van der Waals surface area contributed by atoms with Gasteiger partial charge in [-0.05, 0) is 125 Å². The fourth-order valence-corrected chi connectivity index (χ4v) is 10.2. The Hall–Kier alpha value is -1.58. The van der Waals surface area contributed by atoms with Crippen molar-refractivity contribution in [1.82, 2.24) is 10.6 Å². The third-order valence-corrected chi connectivity index (χ3v) is 10.6. The van der Waals surface area contributed by atoms with E-state index >= 15 is 0 Å². The fraction of sp³-hybridized carbons (Fsp3) is 0.786. The minimum atomic E-state index is 0.0621. The zero-order valence-electron chi connectivity index (χ0n) is 19.3. The summed E-state index contributed by atoms with van der Waals surface area (Å²) in [4.78, 5) is 26.3. The molecule has 0 spiro atoms. The van der Waals surface area contributed by atoms with Crippen molar-refractivity contribution in [3.63, 3.8) is 0 Å². The van der Waals surface area contributed by atoms with E-state index in [-0.39, 0.29) is 22.9 Å². The molecule has 0 aromatic carbocycles. The summed E-state index contributed by atoms with van der Waals surface area (Å²) < 4.78 is 0. The van der Waals surface area contributed by atoms with Gasteiger partial charge >= 0.3 is 0 Å². The summed E-state index contributed by atoms with van der Waals surface area (Å²) in [5, 5.41) is 7.01. The predicted molar refractivity (Wildman–Crippen MR) is 123 cm³/mol. The van der Waals surface area contributed by atoms with Crippen LogP contribution in [0.15, 0.2) is 23.3 Å². The average molecular weight is 435 g/mol. The highest BCUT2D eigenvalue weighted by Crippen LogP contribution is 2.56. The molecule has 2 amide bonds. The molecule has 4 nitrogen and oxygen atoms in total. The molecular formula is C28H38N2O2. The molecule has 172 valence electrons. The summed E-state index contributed by atoms with van der Waals surface area (Å²) in [7, 11) is 0. The Kier molecular flexibility index (Phi) is 4.32. The van der Waals surface area contributed by atoms with Crippen LogP contribution >= 0.6 is 0 Å². The van der Waals surface area contributed by atoms with E-state index in [1.54, 1.807) is 0 Å². The lowest BCUT2D eigenvalue weighted by molar-refractivity contribution is -0.124. The van der Waals surface area contributed by atoms with Crippen LogP contribution in [-0.4, -0.2) is 22.9 Å². The Morgan fingerprint density at radius 3 is 1.09 bits per heavy atom. The van der Waals surface area contributed by atoms with Crippen LogP contribution in [0.25, 0.3) is 0 Å². The van der Waals surface area contributed by atoms with Gasteiger partial charge in [-0.1, -0.05) is 12.2 Å². The van der Waals surface area contributed by atoms with E-state index in [2.05, 4.69) is 10.6 Å². The van der Waals surface area contributed by atoms with Crippen LogP contribution in [0.3, 0.4) is 0 Å². The van der Waals surface area contributed by atoms with Gasteiger partial charge in [-0.3, -0.25) is 9.59 Å². The van der Waals surface area contributed by atoms with Crippen molar-refractivity contribution >= 4 is 11.8 Å². The van der Waals surface area contributed by atoms with Crippen molar-refractivity contribution in [2.75, 3.05) is 0 Å². The molecule has 8 bridgehead atoms. The first-order valence-corrected chi connectivity index (χ1v) is 13.5. The third-order valence-electron chi connectivity index (χ3n) is 10.6. The molecule has 0 saturated heterocycles. The number of allylic oxidation sites excluding steroid dienone is 2. The molecule has 4 heteroatoms. The normalized spacial score (nSPS) is 47.8. The summed E-state index contributed by atoms with van der Waals surface area (Å²) >= 11 is 0. The van der Waals surface area contributed by atoms with Gasteiger partial charge in [0.25, 0.3) is 0 Å². The van der Waals surface area contributed by atoms with Gasteiger partial charge in [0.15, 0.2) is 0 Å². The van der Waals surface area contributed by atoms with E-state index < -0.39 is 0 Å². The van der Waals surface area contributed by atoms with E-state index in [4.69, 9.17) is 0 Å². The number of carbonyl (C=O) groups excluding carboxylic acids is 2. The highest BCUT2D eigenvalue weighted by molar-refractivity contribution is 5.98. The van der Waals surface area contributed by atoms with E-state index in [9.17, 15) is 9.59 Å². The standard InChI is InChI=1S/C28H38N2O2/c31-25(29-27-11-17-5-18(12-27)7-19(6-17)13-27)23-1-2-24(4-3-23)26(32)30-28-14-20-8-21(15-28)10-22(9-20)16-28/h1,4,17-22H,2-3,5-16H2,(H,29,31)(H,30,32). The molecule has 9 aliphatic rings. The summed E-state index contributed by atoms with van der Waals surface area (Å²) in [6, 6.07) is 0. The van der Waals surface area contributed by atoms with Crippen LogP contribution in [-0.2, 0) is 9.59 Å². The number of hydrogen-bond acceptors (Lipinski definition) is 2. The maximum atomic E-state index is 13.1. The molecule has 9 rings (SSSR count). The zero-order chi connectivity index (χ0) is 21.5. The third kappa shape index (κ3) is 3.30. The Morgan fingerprint density at radius 1 is 0.562 bits per heavy atom. The predicted octanol–water partition coefficient (Wildman–Crippen LogP) is 4.80. The average Bonchev–Trinajstić information content (AvgIpc) is 2.71. The second-order valence-electron chi connectivity index (χ2n) is 13.2. The molecule has 8 saturated carbocycles. The maximum absolute atomic E-state index is 13.1. The van der Waals surface area contributed by atoms with Crippen LogP contribution in [0.4, 0.5) is 0 Å². The number of hydrogen-bond donors (Lipinski definition) is 2. The largest absolute Gasteiger partial charge is 0.347 e. The van der Waals surface area contributed by atoms with Gasteiger partial charge in [0.05, 0.1) is 0 Å². The van der Waals surface area contributed by atoms with Crippen LogP contribution in [0.5, 0.6) is 0 Å². The SMILES string of the molecule is O=C(NC12CC3CC(CC(C3)C1)C2)C1=CCC(C(=O)NC23CC4CC(CC(C4)C2)C3)=CC1. The van der Waals surface area contributed by atoms with Crippen LogP contribution in [0, 0.1) is 35.5 Å². The monoisotopic (exact) mass is 434 g/mol. The van der Waals surface area contributed by atoms with Crippen LogP contribution < -0.4 is 10.6 Å². The molecule has 8 fully saturated rings. The smallest absolute Gasteiger partial charge is 0.247 e. The van der Waals surface area contributed by atoms with Gasteiger partial charge in [-0.15, -0.1) is 0 Å². The van der Waals surface area contributed by atoms with E-state index in [0.29, 0.717) is 12.8 Å². The molecule has 0 aliphatic heterocycles. The molecule has 32 heavy (non-hydrogen) atoms. The molecule has 0 aromatic rings. The molecule has 0 radical (unpaired) electrons. The Morgan fingerprint density at radius 2 is 0.844 bits per heavy atom. The lowest BCUT2D eigenvalue weighted by Gasteiger charge is -2.57. The van der Waals surface area contributed by atoms with Gasteiger partial charge in [0.1, 0.15) is 0 Å². The molecule has 9 aliphatic carbocycles. The molecule has 2 N–H and O–H groups in total. The first-order valence-electron chi connectivity index (χ1n) is 13.5. The quantitative estimate of drug-likeness (QED) is 0.668. The van der Waals surface area contributed by atoms with Gasteiger partial charge in [-0.2, -0.15) is 0 Å². The van der Waals surface area contributed by atoms with Crippen LogP contribution in [0.2, 0.25) is 0 Å². The fourth-order valence-electron chi connectivity index (χ4n) is 10.2. The first-order chi connectivity index (χ1) is 15.4. The Bertz CT molecular complexity index is 768. The molecule has 0 unspecified atom stereocenters. The van der Waals surface area contributed by atoms with E-state index in [1.165, 1.54) is 77.0 Å². The Balaban J connectivity index is 0.980. The van der Waals surface area contributed by atoms with E-state index in [1.807, 2.05) is 12.2 Å². The van der Waals surface area contributed by atoms with Gasteiger partial charge in [0.2, 0.25) is 11.8 Å². The minimum Gasteiger partial charge on any atom is -0.347 e. The second-order valence-corrected chi connectivity index (χ2v) is 13.2. The van der Waals surface area contributed by atoms with Crippen molar-refractivity contribution in [1.29, 1.82) is 0 Å². The summed E-state index contributed by atoms with van der Waals surface area (Å²) in [6.07, 6.45) is 20.7. The van der Waals surface area contributed by atoms with Gasteiger partial charge in [0, 0.05) is 22.2 Å². The number of amides is 2. The summed E-state index contributed by atoms with van der Waals surface area (Å²) in [5.41, 5.74) is 1.86. The van der Waals surface area contributed by atoms with Crippen molar-refractivity contribution in [3.8, 4) is 0 Å². The number of nitrogens with one attached hydrogen (secondary N) is 2. The van der Waals surface area contributed by atoms with Crippen molar-refractivity contribution < 1.29 is 9.59 Å². The van der Waals surface area contributed by atoms with Crippen molar-refractivity contribution in [2.24, 2.45) is 35.5 Å². The van der Waals surface area contributed by atoms with Gasteiger partial charge < -0.3 is 10.6 Å². The van der Waals surface area contributed by atoms with Crippen molar-refractivity contribution in [2.45, 2.75) is 101 Å². The van der Waals surface area contributed by atoms with E-state index in [0.717, 1.165) is 46.7 Å². The number of carbonyl (C=O) groups is 2. The maximum Gasteiger partial charge on any atom is 0.247 e. The molecule has 0 heterocycles. The summed E-state index contributed by atoms with van der Waals surface area (Å²) in [6.45, 7) is 0. The number of rotatable bonds is 4. The lowest BCUT2D eigenvalue weighted by Crippen LogP contribution is -2.60. The molecule has 0 atom stereocenters. The highest BCUT2D eigenvalue weighted by atomic mass is 16.2. The topological polar surface area (TPSA) is 58.2 Å². The van der Waals surface area contributed by atoms with Crippen LogP contribution in [0.1, 0.15) is 89.9 Å². The zero-order valence-corrected chi connectivity index (χ0v) is 19.3. The lowest BCUT2D eigenvalue weighted by atomic mass is 9.53. The Labute approximate surface area is 192 Å². The second kappa shape index (κ2) is 6.96. The summed E-state index contributed by atoms with van der Waals surface area (Å²) in [5.74, 6) is 5.27. The highest BCUT2D eigenvalue weighted by Gasteiger charge is 2.53. The first kappa shape index (κ1) is 19.9. The molecular weight excluding hydrogens is 396 g/mol. The van der Waals surface area contributed by atoms with Crippen molar-refractivity contribution in [3.05, 3.63) is 23.3 Å². The molecule has 0 aromatic heterocycles. The van der Waals surface area contributed by atoms with Gasteiger partial charge in [-0.25, -0.2) is 0 Å². The minimum absolute atomic E-state index is 0.0621.